The normalized spacial score (nSPS) is 13.0. The van der Waals surface area contributed by atoms with Crippen LogP contribution in [0.4, 0.5) is 4.79 Å². The highest BCUT2D eigenvalue weighted by atomic mass is 16.5. The zero-order chi connectivity index (χ0) is 16.0. The van der Waals surface area contributed by atoms with Crippen molar-refractivity contribution in [3.05, 3.63) is 35.4 Å². The number of ketones is 1. The molecule has 114 valence electrons. The Bertz CT molecular complexity index is 541. The molecule has 1 rings (SSSR count). The summed E-state index contributed by atoms with van der Waals surface area (Å²) in [5, 5.41) is 2.52. The van der Waals surface area contributed by atoms with Gasteiger partial charge in [-0.05, 0) is 19.4 Å². The standard InChI is InChI=1S/C15H19NO5/c1-9-6-5-7-11(8-9)13(16-15(19)21-4)12(10(2)17)14(18)20-3/h5-8,12-13H,1-4H3,(H,16,19)/t12?,13-/m0/s1. The average molecular weight is 293 g/mol. The van der Waals surface area contributed by atoms with Gasteiger partial charge in [-0.2, -0.15) is 0 Å². The molecule has 2 atom stereocenters. The maximum absolute atomic E-state index is 11.9. The van der Waals surface area contributed by atoms with Crippen LogP contribution in [-0.4, -0.2) is 32.1 Å². The van der Waals surface area contributed by atoms with Gasteiger partial charge in [-0.25, -0.2) is 4.79 Å². The van der Waals surface area contributed by atoms with Gasteiger partial charge >= 0.3 is 12.1 Å². The highest BCUT2D eigenvalue weighted by Crippen LogP contribution is 2.25. The number of Topliss-reactive ketones (excluding diaryl/α,β-unsaturated/α-hetero) is 1. The number of carbonyl (C=O) groups is 3. The number of nitrogens with one attached hydrogen (secondary N) is 1. The number of methoxy groups -OCH3 is 2. The molecular weight excluding hydrogens is 274 g/mol. The molecule has 0 radical (unpaired) electrons. The quantitative estimate of drug-likeness (QED) is 0.661. The number of aryl methyl sites for hydroxylation is 1. The van der Waals surface area contributed by atoms with Crippen molar-refractivity contribution in [3.8, 4) is 0 Å². The summed E-state index contributed by atoms with van der Waals surface area (Å²) in [6.45, 7) is 3.16. The largest absolute Gasteiger partial charge is 0.468 e. The molecular formula is C15H19NO5. The minimum atomic E-state index is -1.13. The van der Waals surface area contributed by atoms with E-state index in [4.69, 9.17) is 0 Å². The molecule has 0 aromatic heterocycles. The van der Waals surface area contributed by atoms with Crippen molar-refractivity contribution in [2.45, 2.75) is 19.9 Å². The summed E-state index contributed by atoms with van der Waals surface area (Å²) in [5.41, 5.74) is 1.57. The number of ether oxygens (including phenoxy) is 2. The lowest BCUT2D eigenvalue weighted by atomic mass is 9.89. The molecule has 0 aliphatic rings. The lowest BCUT2D eigenvalue weighted by Gasteiger charge is -2.24. The number of carbonyl (C=O) groups excluding carboxylic acids is 3. The van der Waals surface area contributed by atoms with Gasteiger partial charge in [0, 0.05) is 0 Å². The van der Waals surface area contributed by atoms with E-state index in [2.05, 4.69) is 14.8 Å². The van der Waals surface area contributed by atoms with Crippen LogP contribution in [0.25, 0.3) is 0 Å². The Morgan fingerprint density at radius 1 is 1.14 bits per heavy atom. The predicted molar refractivity (Wildman–Crippen MR) is 75.6 cm³/mol. The van der Waals surface area contributed by atoms with E-state index in [1.54, 1.807) is 18.2 Å². The minimum absolute atomic E-state index is 0.398. The Hall–Kier alpha value is -2.37. The molecule has 1 amide bonds. The third kappa shape index (κ3) is 4.30. The summed E-state index contributed by atoms with van der Waals surface area (Å²) in [4.78, 5) is 35.2. The smallest absolute Gasteiger partial charge is 0.407 e. The Kier molecular flexibility index (Phi) is 5.90. The third-order valence-corrected chi connectivity index (χ3v) is 3.09. The number of rotatable bonds is 5. The number of benzene rings is 1. The van der Waals surface area contributed by atoms with E-state index in [1.165, 1.54) is 21.1 Å². The Morgan fingerprint density at radius 3 is 2.29 bits per heavy atom. The zero-order valence-electron chi connectivity index (χ0n) is 12.5. The predicted octanol–water partition coefficient (Wildman–Crippen LogP) is 1.77. The van der Waals surface area contributed by atoms with Crippen LogP contribution in [0, 0.1) is 12.8 Å². The fourth-order valence-electron chi connectivity index (χ4n) is 2.07. The van der Waals surface area contributed by atoms with Crippen molar-refractivity contribution >= 4 is 17.8 Å². The summed E-state index contributed by atoms with van der Waals surface area (Å²) in [6.07, 6.45) is -0.725. The molecule has 0 aliphatic carbocycles. The fraction of sp³-hybridized carbons (Fsp3) is 0.400. The first-order valence-corrected chi connectivity index (χ1v) is 6.40. The molecule has 1 aromatic rings. The van der Waals surface area contributed by atoms with E-state index in [-0.39, 0.29) is 0 Å². The van der Waals surface area contributed by atoms with Gasteiger partial charge in [0.05, 0.1) is 20.3 Å². The van der Waals surface area contributed by atoms with E-state index in [9.17, 15) is 14.4 Å². The number of alkyl carbamates (subject to hydrolysis) is 1. The van der Waals surface area contributed by atoms with Crippen LogP contribution < -0.4 is 5.32 Å². The van der Waals surface area contributed by atoms with Crippen molar-refractivity contribution < 1.29 is 23.9 Å². The first-order chi connectivity index (χ1) is 9.90. The maximum Gasteiger partial charge on any atom is 0.407 e. The van der Waals surface area contributed by atoms with Gasteiger partial charge in [0.25, 0.3) is 0 Å². The molecule has 6 nitrogen and oxygen atoms in total. The summed E-state index contributed by atoms with van der Waals surface area (Å²) < 4.78 is 9.23. The molecule has 0 aliphatic heterocycles. The molecule has 0 spiro atoms. The van der Waals surface area contributed by atoms with E-state index in [0.29, 0.717) is 5.56 Å². The van der Waals surface area contributed by atoms with Crippen LogP contribution >= 0.6 is 0 Å². The van der Waals surface area contributed by atoms with Crippen molar-refractivity contribution in [3.63, 3.8) is 0 Å². The van der Waals surface area contributed by atoms with Gasteiger partial charge in [0.2, 0.25) is 0 Å². The van der Waals surface area contributed by atoms with Crippen LogP contribution in [0.3, 0.4) is 0 Å². The van der Waals surface area contributed by atoms with Crippen molar-refractivity contribution in [1.29, 1.82) is 0 Å². The fourth-order valence-corrected chi connectivity index (χ4v) is 2.07. The summed E-state index contributed by atoms with van der Waals surface area (Å²) >= 11 is 0. The van der Waals surface area contributed by atoms with Gasteiger partial charge in [-0.3, -0.25) is 9.59 Å². The molecule has 1 aromatic carbocycles. The SMILES string of the molecule is COC(=O)N[C@@H](c1cccc(C)c1)C(C(C)=O)C(=O)OC. The Balaban J connectivity index is 3.25. The Labute approximate surface area is 123 Å². The lowest BCUT2D eigenvalue weighted by molar-refractivity contribution is -0.150. The van der Waals surface area contributed by atoms with Crippen molar-refractivity contribution in [2.24, 2.45) is 5.92 Å². The molecule has 0 saturated heterocycles. The second kappa shape index (κ2) is 7.42. The number of hydrogen-bond acceptors (Lipinski definition) is 5. The number of esters is 1. The molecule has 0 fully saturated rings. The maximum atomic E-state index is 11.9. The molecule has 6 heteroatoms. The highest BCUT2D eigenvalue weighted by Gasteiger charge is 2.35. The first kappa shape index (κ1) is 16.7. The Morgan fingerprint density at radius 2 is 1.81 bits per heavy atom. The van der Waals surface area contributed by atoms with Crippen LogP contribution in [-0.2, 0) is 19.1 Å². The van der Waals surface area contributed by atoms with Crippen LogP contribution in [0.1, 0.15) is 24.1 Å². The van der Waals surface area contributed by atoms with Crippen molar-refractivity contribution in [2.75, 3.05) is 14.2 Å². The summed E-state index contributed by atoms with van der Waals surface area (Å²) in [5.74, 6) is -2.23. The van der Waals surface area contributed by atoms with E-state index in [0.717, 1.165) is 5.56 Å². The molecule has 0 saturated carbocycles. The number of amides is 1. The van der Waals surface area contributed by atoms with Crippen LogP contribution in [0.5, 0.6) is 0 Å². The van der Waals surface area contributed by atoms with Gasteiger partial charge in [0.1, 0.15) is 11.7 Å². The zero-order valence-corrected chi connectivity index (χ0v) is 12.5. The van der Waals surface area contributed by atoms with E-state index >= 15 is 0 Å². The average Bonchev–Trinajstić information content (AvgIpc) is 2.45. The summed E-state index contributed by atoms with van der Waals surface area (Å²) in [6, 6.07) is 6.33. The third-order valence-electron chi connectivity index (χ3n) is 3.09. The highest BCUT2D eigenvalue weighted by molar-refractivity contribution is 5.99. The number of hydrogen-bond donors (Lipinski definition) is 1. The lowest BCUT2D eigenvalue weighted by Crippen LogP contribution is -2.40. The second-order valence-electron chi connectivity index (χ2n) is 4.64. The van der Waals surface area contributed by atoms with Gasteiger partial charge < -0.3 is 14.8 Å². The molecule has 0 heterocycles. The van der Waals surface area contributed by atoms with Gasteiger partial charge in [-0.1, -0.05) is 29.8 Å². The van der Waals surface area contributed by atoms with Crippen LogP contribution in [0.2, 0.25) is 0 Å². The van der Waals surface area contributed by atoms with Gasteiger partial charge in [0.15, 0.2) is 0 Å². The molecule has 1 unspecified atom stereocenters. The topological polar surface area (TPSA) is 81.7 Å². The molecule has 0 bridgehead atoms. The van der Waals surface area contributed by atoms with E-state index < -0.39 is 29.8 Å². The van der Waals surface area contributed by atoms with Crippen LogP contribution in [0.15, 0.2) is 24.3 Å². The molecule has 1 N–H and O–H groups in total. The minimum Gasteiger partial charge on any atom is -0.468 e. The second-order valence-corrected chi connectivity index (χ2v) is 4.64. The van der Waals surface area contributed by atoms with Gasteiger partial charge in [-0.15, -0.1) is 0 Å². The summed E-state index contributed by atoms with van der Waals surface area (Å²) in [7, 11) is 2.41. The monoisotopic (exact) mass is 293 g/mol. The first-order valence-electron chi connectivity index (χ1n) is 6.40. The van der Waals surface area contributed by atoms with Crippen molar-refractivity contribution in [1.82, 2.24) is 5.32 Å². The molecule has 21 heavy (non-hydrogen) atoms. The van der Waals surface area contributed by atoms with E-state index in [1.807, 2.05) is 13.0 Å².